The van der Waals surface area contributed by atoms with E-state index in [4.69, 9.17) is 10.5 Å². The van der Waals surface area contributed by atoms with Crippen molar-refractivity contribution in [2.24, 2.45) is 17.6 Å². The van der Waals surface area contributed by atoms with Crippen molar-refractivity contribution in [1.82, 2.24) is 4.98 Å². The first kappa shape index (κ1) is 11.4. The third kappa shape index (κ3) is 2.05. The Morgan fingerprint density at radius 3 is 2.94 bits per heavy atom. The van der Waals surface area contributed by atoms with Crippen molar-refractivity contribution in [3.05, 3.63) is 24.0 Å². The van der Waals surface area contributed by atoms with Crippen molar-refractivity contribution < 1.29 is 4.74 Å². The van der Waals surface area contributed by atoms with Crippen LogP contribution in [0.3, 0.4) is 0 Å². The van der Waals surface area contributed by atoms with E-state index >= 15 is 0 Å². The summed E-state index contributed by atoms with van der Waals surface area (Å²) < 4.78 is 5.32. The van der Waals surface area contributed by atoms with Gasteiger partial charge in [0.15, 0.2) is 0 Å². The van der Waals surface area contributed by atoms with Crippen LogP contribution in [0.25, 0.3) is 0 Å². The molecule has 0 radical (unpaired) electrons. The molecule has 0 saturated heterocycles. The van der Waals surface area contributed by atoms with Crippen LogP contribution in [0.15, 0.2) is 18.3 Å². The largest absolute Gasteiger partial charge is 0.495 e. The smallest absolute Gasteiger partial charge is 0.141 e. The van der Waals surface area contributed by atoms with E-state index < -0.39 is 0 Å². The van der Waals surface area contributed by atoms with Gasteiger partial charge in [-0.15, -0.1) is 0 Å². The van der Waals surface area contributed by atoms with E-state index in [1.165, 1.54) is 19.3 Å². The van der Waals surface area contributed by atoms with E-state index in [1.54, 1.807) is 13.3 Å². The molecule has 1 aromatic heterocycles. The van der Waals surface area contributed by atoms with Crippen LogP contribution in [0.4, 0.5) is 0 Å². The van der Waals surface area contributed by atoms with Gasteiger partial charge < -0.3 is 10.5 Å². The number of ether oxygens (including phenoxy) is 1. The number of hydrogen-bond acceptors (Lipinski definition) is 3. The van der Waals surface area contributed by atoms with Crippen LogP contribution in [0.2, 0.25) is 0 Å². The number of nitrogens with two attached hydrogens (primary N) is 1. The van der Waals surface area contributed by atoms with Crippen molar-refractivity contribution >= 4 is 0 Å². The summed E-state index contributed by atoms with van der Waals surface area (Å²) in [4.78, 5) is 4.38. The predicted molar refractivity (Wildman–Crippen MR) is 64.2 cm³/mol. The second-order valence-electron chi connectivity index (χ2n) is 4.69. The molecular formula is C13H20N2O. The SMILES string of the molecule is COc1cccnc1C(N)C1CCCC1C. The Labute approximate surface area is 97.0 Å². The summed E-state index contributed by atoms with van der Waals surface area (Å²) in [5.74, 6) is 2.06. The first-order chi connectivity index (χ1) is 7.74. The third-order valence-electron chi connectivity index (χ3n) is 3.72. The summed E-state index contributed by atoms with van der Waals surface area (Å²) >= 11 is 0. The molecule has 0 bridgehead atoms. The van der Waals surface area contributed by atoms with Crippen LogP contribution >= 0.6 is 0 Å². The van der Waals surface area contributed by atoms with E-state index in [-0.39, 0.29) is 6.04 Å². The molecule has 88 valence electrons. The fraction of sp³-hybridized carbons (Fsp3) is 0.615. The molecule has 0 spiro atoms. The van der Waals surface area contributed by atoms with Gasteiger partial charge in [-0.3, -0.25) is 4.98 Å². The number of methoxy groups -OCH3 is 1. The molecule has 3 heteroatoms. The molecule has 0 aliphatic heterocycles. The maximum atomic E-state index is 6.32. The molecule has 0 aromatic carbocycles. The number of rotatable bonds is 3. The normalized spacial score (nSPS) is 26.7. The lowest BCUT2D eigenvalue weighted by atomic mass is 9.88. The second-order valence-corrected chi connectivity index (χ2v) is 4.69. The molecule has 1 aromatic rings. The highest BCUT2D eigenvalue weighted by molar-refractivity contribution is 5.29. The van der Waals surface area contributed by atoms with Crippen molar-refractivity contribution in [2.75, 3.05) is 7.11 Å². The zero-order chi connectivity index (χ0) is 11.5. The first-order valence-corrected chi connectivity index (χ1v) is 5.98. The zero-order valence-corrected chi connectivity index (χ0v) is 10.0. The lowest BCUT2D eigenvalue weighted by molar-refractivity contribution is 0.330. The van der Waals surface area contributed by atoms with Gasteiger partial charge in [0, 0.05) is 6.20 Å². The molecule has 1 aliphatic rings. The third-order valence-corrected chi connectivity index (χ3v) is 3.72. The molecule has 2 N–H and O–H groups in total. The summed E-state index contributed by atoms with van der Waals surface area (Å²) in [6, 6.07) is 3.82. The highest BCUT2D eigenvalue weighted by atomic mass is 16.5. The molecule has 3 atom stereocenters. The summed E-state index contributed by atoms with van der Waals surface area (Å²) in [5, 5.41) is 0. The average molecular weight is 220 g/mol. The van der Waals surface area contributed by atoms with Gasteiger partial charge >= 0.3 is 0 Å². The Morgan fingerprint density at radius 2 is 2.31 bits per heavy atom. The van der Waals surface area contributed by atoms with Crippen LogP contribution in [0.5, 0.6) is 5.75 Å². The van der Waals surface area contributed by atoms with Gasteiger partial charge in [-0.25, -0.2) is 0 Å². The maximum absolute atomic E-state index is 6.32. The highest BCUT2D eigenvalue weighted by Crippen LogP contribution is 2.40. The molecule has 2 rings (SSSR count). The quantitative estimate of drug-likeness (QED) is 0.851. The molecule has 3 nitrogen and oxygen atoms in total. The van der Waals surface area contributed by atoms with Crippen molar-refractivity contribution in [1.29, 1.82) is 0 Å². The van der Waals surface area contributed by atoms with Crippen LogP contribution < -0.4 is 10.5 Å². The molecule has 3 unspecified atom stereocenters. The van der Waals surface area contributed by atoms with Crippen LogP contribution in [0, 0.1) is 11.8 Å². The highest BCUT2D eigenvalue weighted by Gasteiger charge is 2.31. The fourth-order valence-electron chi connectivity index (χ4n) is 2.74. The average Bonchev–Trinajstić information content (AvgIpc) is 2.74. The van der Waals surface area contributed by atoms with Gasteiger partial charge in [0.25, 0.3) is 0 Å². The summed E-state index contributed by atoms with van der Waals surface area (Å²) in [7, 11) is 1.67. The number of nitrogens with zero attached hydrogens (tertiary/aromatic N) is 1. The minimum atomic E-state index is 0.00801. The van der Waals surface area contributed by atoms with E-state index in [0.717, 1.165) is 11.4 Å². The van der Waals surface area contributed by atoms with Gasteiger partial charge in [-0.2, -0.15) is 0 Å². The van der Waals surface area contributed by atoms with Crippen LogP contribution in [0.1, 0.15) is 37.9 Å². The predicted octanol–water partition coefficient (Wildman–Crippen LogP) is 2.53. The number of pyridine rings is 1. The molecule has 1 fully saturated rings. The van der Waals surface area contributed by atoms with E-state index in [0.29, 0.717) is 11.8 Å². The summed E-state index contributed by atoms with van der Waals surface area (Å²) in [6.07, 6.45) is 5.57. The Balaban J connectivity index is 2.22. The lowest BCUT2D eigenvalue weighted by Gasteiger charge is -2.23. The molecule has 1 saturated carbocycles. The van der Waals surface area contributed by atoms with Gasteiger partial charge in [0.2, 0.25) is 0 Å². The van der Waals surface area contributed by atoms with E-state index in [2.05, 4.69) is 11.9 Å². The molecule has 1 aliphatic carbocycles. The van der Waals surface area contributed by atoms with E-state index in [1.807, 2.05) is 12.1 Å². The lowest BCUT2D eigenvalue weighted by Crippen LogP contribution is -2.24. The van der Waals surface area contributed by atoms with Gasteiger partial charge in [0.1, 0.15) is 5.75 Å². The zero-order valence-electron chi connectivity index (χ0n) is 10.0. The Kier molecular flexibility index (Phi) is 3.44. The monoisotopic (exact) mass is 220 g/mol. The Morgan fingerprint density at radius 1 is 1.50 bits per heavy atom. The molecule has 16 heavy (non-hydrogen) atoms. The minimum Gasteiger partial charge on any atom is -0.495 e. The van der Waals surface area contributed by atoms with Crippen LogP contribution in [-0.2, 0) is 0 Å². The maximum Gasteiger partial charge on any atom is 0.141 e. The van der Waals surface area contributed by atoms with Gasteiger partial charge in [0.05, 0.1) is 18.8 Å². The topological polar surface area (TPSA) is 48.1 Å². The first-order valence-electron chi connectivity index (χ1n) is 5.98. The van der Waals surface area contributed by atoms with E-state index in [9.17, 15) is 0 Å². The molecule has 0 amide bonds. The van der Waals surface area contributed by atoms with Gasteiger partial charge in [-0.1, -0.05) is 19.8 Å². The van der Waals surface area contributed by atoms with Crippen LogP contribution in [-0.4, -0.2) is 12.1 Å². The second kappa shape index (κ2) is 4.83. The Hall–Kier alpha value is -1.09. The molecular weight excluding hydrogens is 200 g/mol. The van der Waals surface area contributed by atoms with Crippen molar-refractivity contribution in [3.63, 3.8) is 0 Å². The minimum absolute atomic E-state index is 0.00801. The van der Waals surface area contributed by atoms with Crippen molar-refractivity contribution in [3.8, 4) is 5.75 Å². The van der Waals surface area contributed by atoms with Gasteiger partial charge in [-0.05, 0) is 30.4 Å². The summed E-state index contributed by atoms with van der Waals surface area (Å²) in [6.45, 7) is 2.28. The fourth-order valence-corrected chi connectivity index (χ4v) is 2.74. The number of hydrogen-bond donors (Lipinski definition) is 1. The number of aromatic nitrogens is 1. The summed E-state index contributed by atoms with van der Waals surface area (Å²) in [5.41, 5.74) is 7.23. The molecule has 1 heterocycles. The standard InChI is InChI=1S/C13H20N2O/c1-9-5-3-6-10(9)12(14)13-11(16-2)7-4-8-15-13/h4,7-10,12H,3,5-6,14H2,1-2H3. The van der Waals surface area contributed by atoms with Crippen molar-refractivity contribution in [2.45, 2.75) is 32.2 Å². The Bertz CT molecular complexity index is 354.